The van der Waals surface area contributed by atoms with Gasteiger partial charge in [-0.15, -0.1) is 22.7 Å². The maximum atomic E-state index is 13.8. The SMILES string of the molecule is CCOC(=O)c1c(-c2ccc(C)o2)csc1NC(=O)CSc1nc2sc3c(c2c(=O)n1-c1ccccc1)CCC3. The number of hydrogen-bond donors (Lipinski definition) is 1. The Morgan fingerprint density at radius 2 is 2.00 bits per heavy atom. The molecule has 0 saturated heterocycles. The Bertz CT molecular complexity index is 1800. The highest BCUT2D eigenvalue weighted by Gasteiger charge is 2.26. The number of fused-ring (bicyclic) bond motifs is 3. The molecule has 0 fully saturated rings. The number of furan rings is 1. The first-order valence-corrected chi connectivity index (χ1v) is 15.5. The third-order valence-electron chi connectivity index (χ3n) is 6.58. The van der Waals surface area contributed by atoms with Gasteiger partial charge in [0.1, 0.15) is 26.9 Å². The van der Waals surface area contributed by atoms with Gasteiger partial charge in [0.2, 0.25) is 5.91 Å². The number of nitrogens with one attached hydrogen (secondary N) is 1. The number of rotatable bonds is 8. The largest absolute Gasteiger partial charge is 0.462 e. The first kappa shape index (κ1) is 26.5. The van der Waals surface area contributed by atoms with Crippen molar-refractivity contribution in [3.8, 4) is 17.0 Å². The van der Waals surface area contributed by atoms with Gasteiger partial charge in [-0.25, -0.2) is 9.78 Å². The molecule has 0 bridgehead atoms. The van der Waals surface area contributed by atoms with E-state index in [1.165, 1.54) is 28.0 Å². The van der Waals surface area contributed by atoms with Crippen LogP contribution in [0.25, 0.3) is 27.2 Å². The quantitative estimate of drug-likeness (QED) is 0.125. The van der Waals surface area contributed by atoms with E-state index in [-0.39, 0.29) is 29.4 Å². The van der Waals surface area contributed by atoms with Crippen LogP contribution in [0.15, 0.2) is 62.2 Å². The fraction of sp³-hybridized carbons (Fsp3) is 0.241. The van der Waals surface area contributed by atoms with Gasteiger partial charge in [0.25, 0.3) is 5.56 Å². The number of ether oxygens (including phenoxy) is 1. The van der Waals surface area contributed by atoms with Crippen LogP contribution in [-0.2, 0) is 22.4 Å². The number of aromatic nitrogens is 2. The number of nitrogens with zero attached hydrogens (tertiary/aromatic N) is 2. The summed E-state index contributed by atoms with van der Waals surface area (Å²) < 4.78 is 12.6. The van der Waals surface area contributed by atoms with Gasteiger partial charge in [-0.05, 0) is 62.9 Å². The summed E-state index contributed by atoms with van der Waals surface area (Å²) in [5.74, 6) is 0.362. The summed E-state index contributed by atoms with van der Waals surface area (Å²) in [6, 6.07) is 13.0. The van der Waals surface area contributed by atoms with Gasteiger partial charge in [-0.2, -0.15) is 0 Å². The molecule has 11 heteroatoms. The average Bonchev–Trinajstić information content (AvgIpc) is 3.72. The maximum Gasteiger partial charge on any atom is 0.341 e. The summed E-state index contributed by atoms with van der Waals surface area (Å²) in [4.78, 5) is 46.6. The molecule has 1 aromatic carbocycles. The molecule has 0 aliphatic heterocycles. The molecule has 0 unspecified atom stereocenters. The van der Waals surface area contributed by atoms with Gasteiger partial charge in [0, 0.05) is 15.8 Å². The van der Waals surface area contributed by atoms with Crippen molar-refractivity contribution in [3.63, 3.8) is 0 Å². The van der Waals surface area contributed by atoms with Crippen LogP contribution in [0.4, 0.5) is 5.00 Å². The van der Waals surface area contributed by atoms with Crippen molar-refractivity contribution in [1.29, 1.82) is 0 Å². The fourth-order valence-electron chi connectivity index (χ4n) is 4.84. The summed E-state index contributed by atoms with van der Waals surface area (Å²) in [5, 5.41) is 6.15. The van der Waals surface area contributed by atoms with Crippen LogP contribution in [-0.4, -0.2) is 33.8 Å². The number of anilines is 1. The van der Waals surface area contributed by atoms with E-state index < -0.39 is 5.97 Å². The van der Waals surface area contributed by atoms with Crippen molar-refractivity contribution in [2.24, 2.45) is 0 Å². The van der Waals surface area contributed by atoms with Gasteiger partial charge in [0.05, 0.1) is 23.4 Å². The maximum absolute atomic E-state index is 13.8. The minimum absolute atomic E-state index is 0.00870. The number of para-hydroxylation sites is 1. The topological polar surface area (TPSA) is 103 Å². The summed E-state index contributed by atoms with van der Waals surface area (Å²) in [7, 11) is 0. The van der Waals surface area contributed by atoms with E-state index in [9.17, 15) is 14.4 Å². The number of carbonyl (C=O) groups excluding carboxylic acids is 2. The monoisotopic (exact) mass is 591 g/mol. The molecule has 1 aliphatic carbocycles. The Morgan fingerprint density at radius 3 is 2.75 bits per heavy atom. The normalized spacial score (nSPS) is 12.6. The molecule has 40 heavy (non-hydrogen) atoms. The average molecular weight is 592 g/mol. The summed E-state index contributed by atoms with van der Waals surface area (Å²) in [5.41, 5.74) is 2.52. The third-order valence-corrected chi connectivity index (χ3v) is 9.60. The minimum Gasteiger partial charge on any atom is -0.462 e. The van der Waals surface area contributed by atoms with E-state index in [1.54, 1.807) is 34.3 Å². The Hall–Kier alpha value is -3.67. The van der Waals surface area contributed by atoms with Crippen LogP contribution in [0.2, 0.25) is 0 Å². The van der Waals surface area contributed by atoms with Crippen molar-refractivity contribution in [2.75, 3.05) is 17.7 Å². The second-order valence-electron chi connectivity index (χ2n) is 9.23. The second-order valence-corrected chi connectivity index (χ2v) is 12.1. The van der Waals surface area contributed by atoms with Gasteiger partial charge < -0.3 is 14.5 Å². The molecule has 1 N–H and O–H groups in total. The highest BCUT2D eigenvalue weighted by atomic mass is 32.2. The van der Waals surface area contributed by atoms with Crippen molar-refractivity contribution in [3.05, 3.63) is 80.0 Å². The number of esters is 1. The molecule has 204 valence electrons. The number of thioether (sulfide) groups is 1. The molecule has 0 radical (unpaired) electrons. The number of benzene rings is 1. The molecular formula is C29H25N3O5S3. The molecule has 6 rings (SSSR count). The second kappa shape index (κ2) is 11.1. The molecule has 4 aromatic heterocycles. The van der Waals surface area contributed by atoms with Crippen LogP contribution in [0.3, 0.4) is 0 Å². The van der Waals surface area contributed by atoms with Gasteiger partial charge in [-0.1, -0.05) is 30.0 Å². The Labute approximate surface area is 242 Å². The Kier molecular flexibility index (Phi) is 7.35. The van der Waals surface area contributed by atoms with Crippen molar-refractivity contribution in [1.82, 2.24) is 9.55 Å². The summed E-state index contributed by atoms with van der Waals surface area (Å²) >= 11 is 3.99. The summed E-state index contributed by atoms with van der Waals surface area (Å²) in [6.07, 6.45) is 2.91. The molecule has 1 amide bonds. The van der Waals surface area contributed by atoms with E-state index in [1.807, 2.05) is 43.3 Å². The molecule has 4 heterocycles. The third kappa shape index (κ3) is 4.89. The number of carbonyl (C=O) groups is 2. The molecule has 8 nitrogen and oxygen atoms in total. The van der Waals surface area contributed by atoms with E-state index in [0.29, 0.717) is 43.1 Å². The minimum atomic E-state index is -0.536. The number of aryl methyl sites for hydroxylation is 3. The smallest absolute Gasteiger partial charge is 0.341 e. The van der Waals surface area contributed by atoms with E-state index >= 15 is 0 Å². The number of thiophene rings is 2. The Balaban J connectivity index is 1.30. The van der Waals surface area contributed by atoms with Crippen LogP contribution >= 0.6 is 34.4 Å². The molecule has 0 atom stereocenters. The fourth-order valence-corrected chi connectivity index (χ4v) is 7.90. The predicted octanol–water partition coefficient (Wildman–Crippen LogP) is 6.47. The first-order valence-electron chi connectivity index (χ1n) is 12.9. The zero-order valence-corrected chi connectivity index (χ0v) is 24.3. The Morgan fingerprint density at radius 1 is 1.18 bits per heavy atom. The van der Waals surface area contributed by atoms with E-state index in [0.717, 1.165) is 24.8 Å². The molecule has 0 saturated carbocycles. The number of hydrogen-bond acceptors (Lipinski definition) is 9. The lowest BCUT2D eigenvalue weighted by molar-refractivity contribution is -0.113. The van der Waals surface area contributed by atoms with E-state index in [2.05, 4.69) is 5.32 Å². The summed E-state index contributed by atoms with van der Waals surface area (Å²) in [6.45, 7) is 3.75. The highest BCUT2D eigenvalue weighted by Crippen LogP contribution is 2.38. The molecular weight excluding hydrogens is 567 g/mol. The van der Waals surface area contributed by atoms with Gasteiger partial charge >= 0.3 is 5.97 Å². The molecule has 0 spiro atoms. The standard InChI is InChI=1S/C29H25N3O5S3/c1-3-36-28(35)24-19(20-13-12-16(2)37-20)14-38-25(24)30-22(33)15-39-29-31-26-23(18-10-7-11-21(18)40-26)27(34)32(29)17-8-5-4-6-9-17/h4-6,8-9,12-14H,3,7,10-11,15H2,1-2H3,(H,30,33). The lowest BCUT2D eigenvalue weighted by Gasteiger charge is -2.12. The van der Waals surface area contributed by atoms with Gasteiger partial charge in [0.15, 0.2) is 5.16 Å². The van der Waals surface area contributed by atoms with Crippen LogP contribution in [0.1, 0.15) is 39.9 Å². The first-order chi connectivity index (χ1) is 19.4. The lowest BCUT2D eigenvalue weighted by atomic mass is 10.1. The number of amides is 1. The lowest BCUT2D eigenvalue weighted by Crippen LogP contribution is -2.23. The van der Waals surface area contributed by atoms with Crippen molar-refractivity contribution >= 4 is 61.5 Å². The molecule has 1 aliphatic rings. The van der Waals surface area contributed by atoms with Gasteiger partial charge in [-0.3, -0.25) is 14.2 Å². The predicted molar refractivity (Wildman–Crippen MR) is 159 cm³/mol. The van der Waals surface area contributed by atoms with Crippen molar-refractivity contribution in [2.45, 2.75) is 38.3 Å². The zero-order valence-electron chi connectivity index (χ0n) is 21.8. The van der Waals surface area contributed by atoms with Crippen LogP contribution in [0.5, 0.6) is 0 Å². The highest BCUT2D eigenvalue weighted by molar-refractivity contribution is 7.99. The van der Waals surface area contributed by atoms with Crippen molar-refractivity contribution < 1.29 is 18.7 Å². The molecule has 5 aromatic rings. The zero-order chi connectivity index (χ0) is 27.8. The van der Waals surface area contributed by atoms with E-state index in [4.69, 9.17) is 14.1 Å². The van der Waals surface area contributed by atoms with Crippen LogP contribution in [0, 0.1) is 6.92 Å². The van der Waals surface area contributed by atoms with Crippen LogP contribution < -0.4 is 10.9 Å².